The molecule has 0 saturated carbocycles. The minimum Gasteiger partial charge on any atom is -0.378 e. The maximum absolute atomic E-state index is 4.44. The van der Waals surface area contributed by atoms with Crippen molar-refractivity contribution in [1.29, 1.82) is 0 Å². The number of benzene rings is 2. The monoisotopic (exact) mass is 302 g/mol. The van der Waals surface area contributed by atoms with Gasteiger partial charge in [0, 0.05) is 30.5 Å². The number of rotatable bonds is 3. The van der Waals surface area contributed by atoms with Crippen molar-refractivity contribution in [3.8, 4) is 0 Å². The molecule has 0 atom stereocenters. The second-order valence-corrected chi connectivity index (χ2v) is 5.14. The van der Waals surface area contributed by atoms with Crippen molar-refractivity contribution in [3.05, 3.63) is 58.6 Å². The number of anilines is 1. The van der Waals surface area contributed by atoms with E-state index in [9.17, 15) is 0 Å². The SMILES string of the molecule is CN(C)c1ccc(C=Nc2cccc(Br)c2)cc1. The second kappa shape index (κ2) is 5.83. The molecule has 0 radical (unpaired) electrons. The van der Waals surface area contributed by atoms with Crippen molar-refractivity contribution in [1.82, 2.24) is 0 Å². The number of hydrogen-bond acceptors (Lipinski definition) is 2. The minimum absolute atomic E-state index is 0.945. The van der Waals surface area contributed by atoms with Crippen molar-refractivity contribution < 1.29 is 0 Å². The highest BCUT2D eigenvalue weighted by Crippen LogP contribution is 2.18. The van der Waals surface area contributed by atoms with E-state index < -0.39 is 0 Å². The van der Waals surface area contributed by atoms with E-state index in [0.29, 0.717) is 0 Å². The van der Waals surface area contributed by atoms with Crippen molar-refractivity contribution in [2.45, 2.75) is 0 Å². The van der Waals surface area contributed by atoms with Gasteiger partial charge in [0.05, 0.1) is 5.69 Å². The van der Waals surface area contributed by atoms with Crippen LogP contribution in [-0.2, 0) is 0 Å². The van der Waals surface area contributed by atoms with Gasteiger partial charge in [0.2, 0.25) is 0 Å². The summed E-state index contributed by atoms with van der Waals surface area (Å²) in [6, 6.07) is 16.2. The van der Waals surface area contributed by atoms with Crippen molar-refractivity contribution >= 4 is 33.5 Å². The third-order valence-corrected chi connectivity index (χ3v) is 3.07. The molecule has 0 aromatic heterocycles. The molecule has 2 nitrogen and oxygen atoms in total. The average Bonchev–Trinajstić information content (AvgIpc) is 2.37. The van der Waals surface area contributed by atoms with Gasteiger partial charge in [-0.1, -0.05) is 34.1 Å². The molecule has 2 rings (SSSR count). The predicted octanol–water partition coefficient (Wildman–Crippen LogP) is 4.27. The first-order valence-corrected chi connectivity index (χ1v) is 6.51. The highest BCUT2D eigenvalue weighted by molar-refractivity contribution is 9.10. The third-order valence-electron chi connectivity index (χ3n) is 2.58. The van der Waals surface area contributed by atoms with Crippen molar-refractivity contribution in [2.24, 2.45) is 4.99 Å². The summed E-state index contributed by atoms with van der Waals surface area (Å²) in [6.45, 7) is 0. The van der Waals surface area contributed by atoms with Gasteiger partial charge in [-0.2, -0.15) is 0 Å². The molecule has 2 aromatic carbocycles. The van der Waals surface area contributed by atoms with Crippen LogP contribution in [0.5, 0.6) is 0 Å². The van der Waals surface area contributed by atoms with E-state index in [4.69, 9.17) is 0 Å². The summed E-state index contributed by atoms with van der Waals surface area (Å²) in [5, 5.41) is 0. The lowest BCUT2D eigenvalue weighted by molar-refractivity contribution is 1.13. The number of aliphatic imine (C=N–C) groups is 1. The lowest BCUT2D eigenvalue weighted by Crippen LogP contribution is -2.08. The summed E-state index contributed by atoms with van der Waals surface area (Å²) in [4.78, 5) is 6.52. The first-order chi connectivity index (χ1) is 8.65. The van der Waals surface area contributed by atoms with Crippen LogP contribution >= 0.6 is 15.9 Å². The zero-order valence-corrected chi connectivity index (χ0v) is 12.1. The summed E-state index contributed by atoms with van der Waals surface area (Å²) in [5.41, 5.74) is 3.23. The third kappa shape index (κ3) is 3.44. The number of halogens is 1. The van der Waals surface area contributed by atoms with Gasteiger partial charge in [-0.15, -0.1) is 0 Å². The standard InChI is InChI=1S/C15H15BrN2/c1-18(2)15-8-6-12(7-9-15)11-17-14-5-3-4-13(16)10-14/h3-11H,1-2H3. The Bertz CT molecular complexity index is 545. The quantitative estimate of drug-likeness (QED) is 0.773. The fourth-order valence-corrected chi connectivity index (χ4v) is 1.95. The van der Waals surface area contributed by atoms with Gasteiger partial charge >= 0.3 is 0 Å². The van der Waals surface area contributed by atoms with Crippen LogP contribution in [0.15, 0.2) is 58.0 Å². The van der Waals surface area contributed by atoms with Gasteiger partial charge in [0.15, 0.2) is 0 Å². The Kier molecular flexibility index (Phi) is 4.15. The van der Waals surface area contributed by atoms with Gasteiger partial charge in [-0.3, -0.25) is 4.99 Å². The molecule has 92 valence electrons. The molecular formula is C15H15BrN2. The zero-order valence-electron chi connectivity index (χ0n) is 10.5. The highest BCUT2D eigenvalue weighted by Gasteiger charge is 1.94. The molecule has 0 bridgehead atoms. The molecule has 18 heavy (non-hydrogen) atoms. The molecule has 0 unspecified atom stereocenters. The molecule has 3 heteroatoms. The summed E-state index contributed by atoms with van der Waals surface area (Å²) in [7, 11) is 4.06. The molecule has 0 saturated heterocycles. The molecule has 0 aliphatic carbocycles. The Balaban J connectivity index is 2.14. The van der Waals surface area contributed by atoms with Crippen LogP contribution in [0.25, 0.3) is 0 Å². The predicted molar refractivity (Wildman–Crippen MR) is 82.2 cm³/mol. The lowest BCUT2D eigenvalue weighted by atomic mass is 10.2. The Hall–Kier alpha value is -1.61. The van der Waals surface area contributed by atoms with Crippen LogP contribution in [0.3, 0.4) is 0 Å². The zero-order chi connectivity index (χ0) is 13.0. The smallest absolute Gasteiger partial charge is 0.0641 e. The van der Waals surface area contributed by atoms with E-state index >= 15 is 0 Å². The van der Waals surface area contributed by atoms with Crippen LogP contribution < -0.4 is 4.90 Å². The van der Waals surface area contributed by atoms with Gasteiger partial charge in [0.25, 0.3) is 0 Å². The first kappa shape index (κ1) is 12.8. The summed E-state index contributed by atoms with van der Waals surface area (Å²) in [6.07, 6.45) is 1.88. The minimum atomic E-state index is 0.945. The molecule has 0 N–H and O–H groups in total. The van der Waals surface area contributed by atoms with Crippen LogP contribution in [0.1, 0.15) is 5.56 Å². The largest absolute Gasteiger partial charge is 0.378 e. The highest BCUT2D eigenvalue weighted by atomic mass is 79.9. The van der Waals surface area contributed by atoms with E-state index in [1.807, 2.05) is 44.6 Å². The van der Waals surface area contributed by atoms with Crippen LogP contribution in [0.2, 0.25) is 0 Å². The molecule has 0 fully saturated rings. The van der Waals surface area contributed by atoms with E-state index in [2.05, 4.69) is 50.1 Å². The van der Waals surface area contributed by atoms with Crippen LogP contribution in [0, 0.1) is 0 Å². The number of nitrogens with zero attached hydrogens (tertiary/aromatic N) is 2. The van der Waals surface area contributed by atoms with Crippen LogP contribution in [0.4, 0.5) is 11.4 Å². The Morgan fingerprint density at radius 1 is 1.06 bits per heavy atom. The first-order valence-electron chi connectivity index (χ1n) is 5.72. The number of hydrogen-bond donors (Lipinski definition) is 0. The van der Waals surface area contributed by atoms with Gasteiger partial charge in [-0.05, 0) is 35.9 Å². The summed E-state index contributed by atoms with van der Waals surface area (Å²) < 4.78 is 1.04. The molecule has 0 spiro atoms. The summed E-state index contributed by atoms with van der Waals surface area (Å²) in [5.74, 6) is 0. The van der Waals surface area contributed by atoms with E-state index in [-0.39, 0.29) is 0 Å². The maximum atomic E-state index is 4.44. The Morgan fingerprint density at radius 3 is 2.39 bits per heavy atom. The topological polar surface area (TPSA) is 15.6 Å². The van der Waals surface area contributed by atoms with Gasteiger partial charge in [-0.25, -0.2) is 0 Å². The normalized spacial score (nSPS) is 10.8. The fourth-order valence-electron chi connectivity index (χ4n) is 1.56. The van der Waals surface area contributed by atoms with E-state index in [1.54, 1.807) is 0 Å². The fraction of sp³-hybridized carbons (Fsp3) is 0.133. The van der Waals surface area contributed by atoms with Crippen LogP contribution in [-0.4, -0.2) is 20.3 Å². The Morgan fingerprint density at radius 2 is 1.78 bits per heavy atom. The maximum Gasteiger partial charge on any atom is 0.0641 e. The lowest BCUT2D eigenvalue weighted by Gasteiger charge is -2.11. The molecular weight excluding hydrogens is 288 g/mol. The second-order valence-electron chi connectivity index (χ2n) is 4.22. The molecule has 0 aliphatic rings. The molecule has 2 aromatic rings. The van der Waals surface area contributed by atoms with E-state index in [1.165, 1.54) is 5.69 Å². The summed E-state index contributed by atoms with van der Waals surface area (Å²) >= 11 is 3.43. The molecule has 0 aliphatic heterocycles. The molecule has 0 heterocycles. The van der Waals surface area contributed by atoms with E-state index in [0.717, 1.165) is 15.7 Å². The van der Waals surface area contributed by atoms with Crippen molar-refractivity contribution in [2.75, 3.05) is 19.0 Å². The Labute approximate surface area is 116 Å². The molecule has 0 amide bonds. The van der Waals surface area contributed by atoms with Gasteiger partial charge < -0.3 is 4.90 Å². The van der Waals surface area contributed by atoms with Crippen molar-refractivity contribution in [3.63, 3.8) is 0 Å². The van der Waals surface area contributed by atoms with Gasteiger partial charge in [0.1, 0.15) is 0 Å². The average molecular weight is 303 g/mol.